The minimum Gasteiger partial charge on any atom is -0.504 e. The lowest BCUT2D eigenvalue weighted by molar-refractivity contribution is -0.105. The van der Waals surface area contributed by atoms with Crippen molar-refractivity contribution in [2.45, 2.75) is 6.92 Å². The number of aromatic hydroxyl groups is 2. The lowest BCUT2D eigenvalue weighted by Crippen LogP contribution is -2.12. The van der Waals surface area contributed by atoms with E-state index in [0.717, 1.165) is 5.56 Å². The van der Waals surface area contributed by atoms with Gasteiger partial charge in [0.1, 0.15) is 0 Å². The van der Waals surface area contributed by atoms with Crippen LogP contribution in [0.25, 0.3) is 0 Å². The quantitative estimate of drug-likeness (QED) is 0.511. The summed E-state index contributed by atoms with van der Waals surface area (Å²) in [6.07, 6.45) is 0.583. The summed E-state index contributed by atoms with van der Waals surface area (Å²) in [5, 5.41) is 23.8. The lowest BCUT2D eigenvalue weighted by Gasteiger charge is -2.09. The van der Waals surface area contributed by atoms with Gasteiger partial charge in [0.25, 0.3) is 5.91 Å². The zero-order valence-electron chi connectivity index (χ0n) is 11.3. The number of anilines is 2. The van der Waals surface area contributed by atoms with Gasteiger partial charge in [0.15, 0.2) is 11.5 Å². The van der Waals surface area contributed by atoms with E-state index in [2.05, 4.69) is 10.6 Å². The fraction of sp³-hybridized carbons (Fsp3) is 0.0667. The number of rotatable bonds is 4. The molecule has 0 aliphatic carbocycles. The average Bonchev–Trinajstić information content (AvgIpc) is 2.45. The third-order valence-corrected chi connectivity index (χ3v) is 2.94. The minimum atomic E-state index is -0.416. The standard InChI is InChI=1S/C15H14N2O4/c1-9-6-11(3-4-12(9)16-8-18)17-15(21)10-2-5-13(19)14(20)7-10/h2-8,19-20H,1H3,(H,16,18)(H,17,21). The Labute approximate surface area is 121 Å². The zero-order chi connectivity index (χ0) is 15.4. The average molecular weight is 286 g/mol. The fourth-order valence-corrected chi connectivity index (χ4v) is 1.83. The molecular formula is C15H14N2O4. The van der Waals surface area contributed by atoms with Crippen LogP contribution < -0.4 is 10.6 Å². The van der Waals surface area contributed by atoms with Crippen molar-refractivity contribution in [1.82, 2.24) is 0 Å². The zero-order valence-corrected chi connectivity index (χ0v) is 11.3. The molecule has 0 aliphatic rings. The molecule has 0 saturated heterocycles. The molecule has 0 saturated carbocycles. The molecule has 0 aliphatic heterocycles. The number of phenolic OH excluding ortho intramolecular Hbond substituents is 2. The molecular weight excluding hydrogens is 272 g/mol. The Bertz CT molecular complexity index is 698. The first kappa shape index (κ1) is 14.4. The van der Waals surface area contributed by atoms with Gasteiger partial charge in [-0.05, 0) is 48.9 Å². The van der Waals surface area contributed by atoms with Crippen LogP contribution in [0.4, 0.5) is 11.4 Å². The highest BCUT2D eigenvalue weighted by Gasteiger charge is 2.09. The number of phenols is 2. The van der Waals surface area contributed by atoms with Crippen molar-refractivity contribution < 1.29 is 19.8 Å². The molecule has 0 unspecified atom stereocenters. The molecule has 0 fully saturated rings. The van der Waals surface area contributed by atoms with Crippen molar-refractivity contribution in [1.29, 1.82) is 0 Å². The molecule has 6 nitrogen and oxygen atoms in total. The van der Waals surface area contributed by atoms with E-state index >= 15 is 0 Å². The molecule has 2 aromatic rings. The second-order valence-corrected chi connectivity index (χ2v) is 4.45. The van der Waals surface area contributed by atoms with E-state index in [1.165, 1.54) is 18.2 Å². The van der Waals surface area contributed by atoms with E-state index in [1.54, 1.807) is 25.1 Å². The van der Waals surface area contributed by atoms with E-state index < -0.39 is 5.91 Å². The van der Waals surface area contributed by atoms with Crippen LogP contribution in [-0.2, 0) is 4.79 Å². The van der Waals surface area contributed by atoms with Crippen LogP contribution in [0.1, 0.15) is 15.9 Å². The van der Waals surface area contributed by atoms with Gasteiger partial charge >= 0.3 is 0 Å². The summed E-state index contributed by atoms with van der Waals surface area (Å²) in [7, 11) is 0. The van der Waals surface area contributed by atoms with Gasteiger partial charge in [-0.1, -0.05) is 0 Å². The van der Waals surface area contributed by atoms with Crippen LogP contribution in [0, 0.1) is 6.92 Å². The smallest absolute Gasteiger partial charge is 0.255 e. The van der Waals surface area contributed by atoms with Crippen LogP contribution in [0.3, 0.4) is 0 Å². The third kappa shape index (κ3) is 3.30. The summed E-state index contributed by atoms with van der Waals surface area (Å²) >= 11 is 0. The van der Waals surface area contributed by atoms with Gasteiger partial charge in [-0.15, -0.1) is 0 Å². The van der Waals surface area contributed by atoms with Crippen molar-refractivity contribution in [3.05, 3.63) is 47.5 Å². The molecule has 6 heteroatoms. The Kier molecular flexibility index (Phi) is 4.08. The van der Waals surface area contributed by atoms with Crippen LogP contribution in [0.15, 0.2) is 36.4 Å². The number of benzene rings is 2. The van der Waals surface area contributed by atoms with Crippen LogP contribution in [0.5, 0.6) is 11.5 Å². The summed E-state index contributed by atoms with van der Waals surface area (Å²) in [4.78, 5) is 22.4. The predicted molar refractivity (Wildman–Crippen MR) is 78.6 cm³/mol. The normalized spacial score (nSPS) is 9.95. The highest BCUT2D eigenvalue weighted by atomic mass is 16.3. The number of hydrogen-bond donors (Lipinski definition) is 4. The van der Waals surface area contributed by atoms with Crippen molar-refractivity contribution in [2.75, 3.05) is 10.6 Å². The first-order valence-electron chi connectivity index (χ1n) is 6.15. The van der Waals surface area contributed by atoms with E-state index in [1.807, 2.05) is 0 Å². The maximum absolute atomic E-state index is 12.0. The van der Waals surface area contributed by atoms with Gasteiger partial charge in [0.05, 0.1) is 0 Å². The molecule has 2 rings (SSSR count). The summed E-state index contributed by atoms with van der Waals surface area (Å²) in [5.41, 5.74) is 2.23. The number of carbonyl (C=O) groups excluding carboxylic acids is 2. The number of amides is 2. The molecule has 4 N–H and O–H groups in total. The third-order valence-electron chi connectivity index (χ3n) is 2.94. The lowest BCUT2D eigenvalue weighted by atomic mass is 10.1. The monoisotopic (exact) mass is 286 g/mol. The Hall–Kier alpha value is -3.02. The second kappa shape index (κ2) is 5.96. The number of hydrogen-bond acceptors (Lipinski definition) is 4. The molecule has 21 heavy (non-hydrogen) atoms. The van der Waals surface area contributed by atoms with Crippen molar-refractivity contribution >= 4 is 23.7 Å². The highest BCUT2D eigenvalue weighted by Crippen LogP contribution is 2.25. The van der Waals surface area contributed by atoms with E-state index in [4.69, 9.17) is 0 Å². The predicted octanol–water partition coefficient (Wildman–Crippen LogP) is 2.23. The minimum absolute atomic E-state index is 0.220. The first-order chi connectivity index (χ1) is 10.0. The van der Waals surface area contributed by atoms with E-state index in [-0.39, 0.29) is 17.1 Å². The van der Waals surface area contributed by atoms with Gasteiger partial charge in [0.2, 0.25) is 6.41 Å². The topological polar surface area (TPSA) is 98.7 Å². The molecule has 0 atom stereocenters. The van der Waals surface area contributed by atoms with Gasteiger partial charge < -0.3 is 20.8 Å². The molecule has 0 aromatic heterocycles. The second-order valence-electron chi connectivity index (χ2n) is 4.45. The fourth-order valence-electron chi connectivity index (χ4n) is 1.83. The summed E-state index contributed by atoms with van der Waals surface area (Å²) in [5.74, 6) is -1.06. The van der Waals surface area contributed by atoms with Crippen LogP contribution >= 0.6 is 0 Å². The van der Waals surface area contributed by atoms with Crippen LogP contribution in [0.2, 0.25) is 0 Å². The summed E-state index contributed by atoms with van der Waals surface area (Å²) in [6.45, 7) is 1.80. The largest absolute Gasteiger partial charge is 0.504 e. The van der Waals surface area contributed by atoms with E-state index in [9.17, 15) is 19.8 Å². The van der Waals surface area contributed by atoms with Gasteiger partial charge in [-0.3, -0.25) is 9.59 Å². The maximum Gasteiger partial charge on any atom is 0.255 e. The SMILES string of the molecule is Cc1cc(NC(=O)c2ccc(O)c(O)c2)ccc1NC=O. The molecule has 0 bridgehead atoms. The van der Waals surface area contributed by atoms with Crippen molar-refractivity contribution in [3.8, 4) is 11.5 Å². The summed E-state index contributed by atoms with van der Waals surface area (Å²) < 4.78 is 0. The number of aryl methyl sites for hydroxylation is 1. The Morgan fingerprint density at radius 2 is 1.86 bits per heavy atom. The molecule has 108 valence electrons. The molecule has 2 aromatic carbocycles. The van der Waals surface area contributed by atoms with Gasteiger partial charge in [0, 0.05) is 16.9 Å². The molecule has 0 spiro atoms. The maximum atomic E-state index is 12.0. The number of carbonyl (C=O) groups is 2. The van der Waals surface area contributed by atoms with E-state index in [0.29, 0.717) is 17.8 Å². The van der Waals surface area contributed by atoms with Crippen molar-refractivity contribution in [2.24, 2.45) is 0 Å². The van der Waals surface area contributed by atoms with Crippen molar-refractivity contribution in [3.63, 3.8) is 0 Å². The van der Waals surface area contributed by atoms with Crippen LogP contribution in [-0.4, -0.2) is 22.5 Å². The molecule has 0 heterocycles. The van der Waals surface area contributed by atoms with Gasteiger partial charge in [-0.25, -0.2) is 0 Å². The first-order valence-corrected chi connectivity index (χ1v) is 6.15. The summed E-state index contributed by atoms with van der Waals surface area (Å²) in [6, 6.07) is 8.86. The Balaban J connectivity index is 2.17. The Morgan fingerprint density at radius 1 is 1.10 bits per heavy atom. The Morgan fingerprint density at radius 3 is 2.48 bits per heavy atom. The highest BCUT2D eigenvalue weighted by molar-refractivity contribution is 6.04. The number of nitrogens with one attached hydrogen (secondary N) is 2. The molecule has 0 radical (unpaired) electrons. The van der Waals surface area contributed by atoms with Gasteiger partial charge in [-0.2, -0.15) is 0 Å². The molecule has 2 amide bonds.